The molecule has 4 heteroatoms. The summed E-state index contributed by atoms with van der Waals surface area (Å²) in [5.74, 6) is 0.879. The minimum absolute atomic E-state index is 0.485. The predicted octanol–water partition coefficient (Wildman–Crippen LogP) is 3.76. The summed E-state index contributed by atoms with van der Waals surface area (Å²) < 4.78 is 6.90. The molecule has 1 heterocycles. The molecule has 106 valence electrons. The molecule has 1 aromatic heterocycles. The quantitative estimate of drug-likeness (QED) is 0.773. The van der Waals surface area contributed by atoms with Crippen LogP contribution in [0.15, 0.2) is 42.6 Å². The fourth-order valence-electron chi connectivity index (χ4n) is 1.68. The fraction of sp³-hybridized carbons (Fsp3) is 0.312. The number of nitrogens with one attached hydrogen (secondary N) is 1. The van der Waals surface area contributed by atoms with E-state index in [2.05, 4.69) is 52.8 Å². The number of nitrogens with zero attached hydrogens (tertiary/aromatic N) is 1. The van der Waals surface area contributed by atoms with Crippen LogP contribution in [-0.4, -0.2) is 11.0 Å². The van der Waals surface area contributed by atoms with Crippen LogP contribution in [0.25, 0.3) is 0 Å². The van der Waals surface area contributed by atoms with E-state index >= 15 is 0 Å². The van der Waals surface area contributed by atoms with Gasteiger partial charge in [0.15, 0.2) is 0 Å². The van der Waals surface area contributed by atoms with Crippen molar-refractivity contribution < 1.29 is 4.74 Å². The van der Waals surface area contributed by atoms with Gasteiger partial charge in [0.1, 0.15) is 12.4 Å². The van der Waals surface area contributed by atoms with E-state index in [1.165, 1.54) is 9.13 Å². The lowest BCUT2D eigenvalue weighted by atomic mass is 10.2. The third-order valence-electron chi connectivity index (χ3n) is 2.78. The van der Waals surface area contributed by atoms with Gasteiger partial charge >= 0.3 is 0 Å². The van der Waals surface area contributed by atoms with Gasteiger partial charge in [0.2, 0.25) is 0 Å². The Bertz CT molecular complexity index is 540. The predicted molar refractivity (Wildman–Crippen MR) is 89.7 cm³/mol. The topological polar surface area (TPSA) is 34.1 Å². The average molecular weight is 382 g/mol. The number of ether oxygens (including phenoxy) is 1. The molecule has 3 nitrogen and oxygen atoms in total. The molecule has 0 spiro atoms. The summed E-state index contributed by atoms with van der Waals surface area (Å²) in [6.07, 6.45) is 1.91. The molecule has 0 aliphatic carbocycles. The third-order valence-corrected chi connectivity index (χ3v) is 3.45. The first-order valence-electron chi connectivity index (χ1n) is 6.69. The van der Waals surface area contributed by atoms with Gasteiger partial charge in [-0.3, -0.25) is 4.98 Å². The minimum Gasteiger partial charge on any atom is -0.487 e. The third kappa shape index (κ3) is 5.09. The first-order chi connectivity index (χ1) is 9.63. The van der Waals surface area contributed by atoms with Crippen LogP contribution in [0.4, 0.5) is 0 Å². The Balaban J connectivity index is 1.87. The zero-order valence-corrected chi connectivity index (χ0v) is 13.9. The number of halogens is 1. The van der Waals surface area contributed by atoms with Crippen molar-refractivity contribution in [3.63, 3.8) is 0 Å². The van der Waals surface area contributed by atoms with E-state index < -0.39 is 0 Å². The van der Waals surface area contributed by atoms with Gasteiger partial charge in [0.25, 0.3) is 0 Å². The van der Waals surface area contributed by atoms with Crippen LogP contribution in [0.3, 0.4) is 0 Å². The normalized spacial score (nSPS) is 10.8. The second-order valence-electron chi connectivity index (χ2n) is 4.94. The lowest BCUT2D eigenvalue weighted by Gasteiger charge is -2.09. The van der Waals surface area contributed by atoms with Crippen molar-refractivity contribution in [1.29, 1.82) is 0 Å². The van der Waals surface area contributed by atoms with E-state index in [9.17, 15) is 0 Å². The maximum atomic E-state index is 5.73. The summed E-state index contributed by atoms with van der Waals surface area (Å²) in [5.41, 5.74) is 2.13. The average Bonchev–Trinajstić information content (AvgIpc) is 2.44. The standard InChI is InChI=1S/C16H19IN2O/c1-12(2)18-9-13-6-7-15(19-10-13)11-20-16-5-3-4-14(17)8-16/h3-8,10,12,18H,9,11H2,1-2H3. The van der Waals surface area contributed by atoms with E-state index in [-0.39, 0.29) is 0 Å². The molecule has 0 radical (unpaired) electrons. The molecule has 0 saturated heterocycles. The molecule has 0 bridgehead atoms. The van der Waals surface area contributed by atoms with Crippen molar-refractivity contribution in [3.8, 4) is 5.75 Å². The van der Waals surface area contributed by atoms with E-state index in [0.29, 0.717) is 12.6 Å². The summed E-state index contributed by atoms with van der Waals surface area (Å²) in [7, 11) is 0. The second kappa shape index (κ2) is 7.59. The van der Waals surface area contributed by atoms with E-state index in [1.54, 1.807) is 0 Å². The molecule has 0 aliphatic heterocycles. The zero-order chi connectivity index (χ0) is 14.4. The number of pyridine rings is 1. The smallest absolute Gasteiger partial charge is 0.130 e. The van der Waals surface area contributed by atoms with Crippen LogP contribution in [0.1, 0.15) is 25.1 Å². The van der Waals surface area contributed by atoms with Gasteiger partial charge < -0.3 is 10.1 Å². The highest BCUT2D eigenvalue weighted by molar-refractivity contribution is 14.1. The molecule has 1 aromatic carbocycles. The molecular formula is C16H19IN2O. The largest absolute Gasteiger partial charge is 0.487 e. The van der Waals surface area contributed by atoms with Crippen molar-refractivity contribution in [2.75, 3.05) is 0 Å². The molecule has 2 rings (SSSR count). The highest BCUT2D eigenvalue weighted by Crippen LogP contribution is 2.16. The van der Waals surface area contributed by atoms with E-state index in [1.807, 2.05) is 36.5 Å². The van der Waals surface area contributed by atoms with E-state index in [0.717, 1.165) is 18.0 Å². The van der Waals surface area contributed by atoms with Gasteiger partial charge in [-0.05, 0) is 52.4 Å². The summed E-state index contributed by atoms with van der Waals surface area (Å²) in [4.78, 5) is 4.43. The summed E-state index contributed by atoms with van der Waals surface area (Å²) in [6, 6.07) is 12.6. The van der Waals surface area contributed by atoms with Crippen LogP contribution in [0.2, 0.25) is 0 Å². The molecule has 0 aliphatic rings. The maximum absolute atomic E-state index is 5.73. The van der Waals surface area contributed by atoms with Crippen LogP contribution >= 0.6 is 22.6 Å². The van der Waals surface area contributed by atoms with Gasteiger partial charge in [-0.15, -0.1) is 0 Å². The first kappa shape index (κ1) is 15.3. The molecule has 0 saturated carbocycles. The number of aromatic nitrogens is 1. The Morgan fingerprint density at radius 2 is 2.10 bits per heavy atom. The Hall–Kier alpha value is -1.14. The van der Waals surface area contributed by atoms with Crippen LogP contribution < -0.4 is 10.1 Å². The lowest BCUT2D eigenvalue weighted by molar-refractivity contribution is 0.301. The Kier molecular flexibility index (Phi) is 5.79. The van der Waals surface area contributed by atoms with Crippen LogP contribution in [-0.2, 0) is 13.2 Å². The van der Waals surface area contributed by atoms with Gasteiger partial charge in [0, 0.05) is 22.4 Å². The van der Waals surface area contributed by atoms with Crippen LogP contribution in [0.5, 0.6) is 5.75 Å². The molecule has 1 N–H and O–H groups in total. The maximum Gasteiger partial charge on any atom is 0.130 e. The van der Waals surface area contributed by atoms with Crippen molar-refractivity contribution in [2.45, 2.75) is 33.0 Å². The van der Waals surface area contributed by atoms with Crippen molar-refractivity contribution >= 4 is 22.6 Å². The molecule has 0 unspecified atom stereocenters. The molecule has 0 atom stereocenters. The molecule has 20 heavy (non-hydrogen) atoms. The fourth-order valence-corrected chi connectivity index (χ4v) is 2.20. The minimum atomic E-state index is 0.485. The Morgan fingerprint density at radius 1 is 1.25 bits per heavy atom. The first-order valence-corrected chi connectivity index (χ1v) is 7.77. The number of benzene rings is 1. The van der Waals surface area contributed by atoms with Crippen molar-refractivity contribution in [1.82, 2.24) is 10.3 Å². The summed E-state index contributed by atoms with van der Waals surface area (Å²) in [5, 5.41) is 3.37. The SMILES string of the molecule is CC(C)NCc1ccc(COc2cccc(I)c2)nc1. The zero-order valence-electron chi connectivity index (χ0n) is 11.8. The Labute approximate surface area is 133 Å². The van der Waals surface area contributed by atoms with Crippen LogP contribution in [0, 0.1) is 3.57 Å². The molecular weight excluding hydrogens is 363 g/mol. The monoisotopic (exact) mass is 382 g/mol. The van der Waals surface area contributed by atoms with Crippen molar-refractivity contribution in [2.24, 2.45) is 0 Å². The van der Waals surface area contributed by atoms with E-state index in [4.69, 9.17) is 4.74 Å². The Morgan fingerprint density at radius 3 is 2.75 bits per heavy atom. The second-order valence-corrected chi connectivity index (χ2v) is 6.19. The number of rotatable bonds is 6. The number of hydrogen-bond acceptors (Lipinski definition) is 3. The summed E-state index contributed by atoms with van der Waals surface area (Å²) >= 11 is 2.28. The molecule has 0 amide bonds. The van der Waals surface area contributed by atoms with Gasteiger partial charge in [-0.2, -0.15) is 0 Å². The highest BCUT2D eigenvalue weighted by Gasteiger charge is 2.00. The van der Waals surface area contributed by atoms with Gasteiger partial charge in [0.05, 0.1) is 5.69 Å². The van der Waals surface area contributed by atoms with Gasteiger partial charge in [-0.25, -0.2) is 0 Å². The molecule has 2 aromatic rings. The lowest BCUT2D eigenvalue weighted by Crippen LogP contribution is -2.21. The summed E-state index contributed by atoms with van der Waals surface area (Å²) in [6.45, 7) is 5.62. The highest BCUT2D eigenvalue weighted by atomic mass is 127. The van der Waals surface area contributed by atoms with Crippen molar-refractivity contribution in [3.05, 3.63) is 57.4 Å². The van der Waals surface area contributed by atoms with Gasteiger partial charge in [-0.1, -0.05) is 26.0 Å². The molecule has 0 fully saturated rings. The number of hydrogen-bond donors (Lipinski definition) is 1.